The summed E-state index contributed by atoms with van der Waals surface area (Å²) in [5, 5.41) is 15.2. The van der Waals surface area contributed by atoms with Crippen LogP contribution in [0, 0.1) is 10.1 Å². The van der Waals surface area contributed by atoms with Crippen LogP contribution in [-0.2, 0) is 0 Å². The summed E-state index contributed by atoms with van der Waals surface area (Å²) in [7, 11) is 1.55. The van der Waals surface area contributed by atoms with Gasteiger partial charge in [0.05, 0.1) is 24.4 Å². The molecule has 1 heterocycles. The van der Waals surface area contributed by atoms with Gasteiger partial charge in [0, 0.05) is 17.5 Å². The Bertz CT molecular complexity index is 1110. The molecule has 0 aliphatic carbocycles. The van der Waals surface area contributed by atoms with Crippen LogP contribution in [0.1, 0.15) is 36.4 Å². The molecule has 3 rings (SSSR count). The van der Waals surface area contributed by atoms with Crippen LogP contribution in [0.15, 0.2) is 52.0 Å². The number of fused-ring (bicyclic) bond motifs is 1. The molecule has 0 bridgehead atoms. The van der Waals surface area contributed by atoms with Crippen LogP contribution in [0.25, 0.3) is 11.0 Å². The number of carbonyl (C=O) groups excluding carboxylic acids is 1. The average Bonchev–Trinajstić information content (AvgIpc) is 3.17. The lowest BCUT2D eigenvalue weighted by Gasteiger charge is -2.15. The van der Waals surface area contributed by atoms with Crippen LogP contribution in [-0.4, -0.2) is 30.3 Å². The van der Waals surface area contributed by atoms with E-state index in [-0.39, 0.29) is 17.6 Å². The molecule has 1 amide bonds. The largest absolute Gasteiger partial charge is 0.493 e. The Morgan fingerprint density at radius 3 is 2.77 bits per heavy atom. The summed E-state index contributed by atoms with van der Waals surface area (Å²) in [4.78, 5) is 22.6. The van der Waals surface area contributed by atoms with Crippen molar-refractivity contribution in [3.63, 3.8) is 0 Å². The SMILES string of the molecule is CC[C@@H](C)Oc1ccc(/C=N\NC(=O)c2cc3cc([N+](=O)[O-])ccc3o2)cc1OC. The Kier molecular flexibility index (Phi) is 6.31. The monoisotopic (exact) mass is 411 g/mol. The first-order valence-electron chi connectivity index (χ1n) is 9.27. The number of carbonyl (C=O) groups is 1. The zero-order chi connectivity index (χ0) is 21.7. The lowest BCUT2D eigenvalue weighted by molar-refractivity contribution is -0.384. The molecule has 30 heavy (non-hydrogen) atoms. The molecule has 0 unspecified atom stereocenters. The number of hydrogen-bond donors (Lipinski definition) is 1. The fraction of sp³-hybridized carbons (Fsp3) is 0.238. The highest BCUT2D eigenvalue weighted by molar-refractivity contribution is 5.97. The molecule has 2 aromatic carbocycles. The van der Waals surface area contributed by atoms with Crippen molar-refractivity contribution in [1.29, 1.82) is 0 Å². The molecule has 1 aromatic heterocycles. The highest BCUT2D eigenvalue weighted by Gasteiger charge is 2.14. The number of benzene rings is 2. The first-order chi connectivity index (χ1) is 14.4. The van der Waals surface area contributed by atoms with Crippen LogP contribution in [0.4, 0.5) is 5.69 Å². The van der Waals surface area contributed by atoms with Gasteiger partial charge in [-0.1, -0.05) is 6.92 Å². The van der Waals surface area contributed by atoms with Crippen molar-refractivity contribution in [2.45, 2.75) is 26.4 Å². The van der Waals surface area contributed by atoms with E-state index in [9.17, 15) is 14.9 Å². The summed E-state index contributed by atoms with van der Waals surface area (Å²) in [6.45, 7) is 4.00. The molecule has 3 aromatic rings. The summed E-state index contributed by atoms with van der Waals surface area (Å²) >= 11 is 0. The predicted octanol–water partition coefficient (Wildman–Crippen LogP) is 4.29. The number of nitro benzene ring substituents is 1. The van der Waals surface area contributed by atoms with Crippen LogP contribution in [0.5, 0.6) is 11.5 Å². The minimum Gasteiger partial charge on any atom is -0.493 e. The van der Waals surface area contributed by atoms with Gasteiger partial charge in [0.1, 0.15) is 5.58 Å². The Morgan fingerprint density at radius 1 is 1.27 bits per heavy atom. The van der Waals surface area contributed by atoms with Crippen molar-refractivity contribution in [3.05, 3.63) is 63.9 Å². The van der Waals surface area contributed by atoms with Gasteiger partial charge in [0.15, 0.2) is 17.3 Å². The topological polar surface area (TPSA) is 116 Å². The van der Waals surface area contributed by atoms with Crippen molar-refractivity contribution in [2.24, 2.45) is 5.10 Å². The van der Waals surface area contributed by atoms with Crippen molar-refractivity contribution in [1.82, 2.24) is 5.43 Å². The number of rotatable bonds is 8. The smallest absolute Gasteiger partial charge is 0.307 e. The molecule has 0 fully saturated rings. The number of nitrogens with zero attached hydrogens (tertiary/aromatic N) is 2. The minimum absolute atomic E-state index is 0.00229. The summed E-state index contributed by atoms with van der Waals surface area (Å²) in [5.74, 6) is 0.611. The molecule has 1 N–H and O–H groups in total. The summed E-state index contributed by atoms with van der Waals surface area (Å²) < 4.78 is 16.6. The Balaban J connectivity index is 1.69. The van der Waals surface area contributed by atoms with E-state index in [0.29, 0.717) is 28.0 Å². The van der Waals surface area contributed by atoms with Crippen LogP contribution >= 0.6 is 0 Å². The Hall–Kier alpha value is -3.88. The summed E-state index contributed by atoms with van der Waals surface area (Å²) in [6.07, 6.45) is 2.39. The van der Waals surface area contributed by atoms with E-state index in [0.717, 1.165) is 6.42 Å². The highest BCUT2D eigenvalue weighted by Crippen LogP contribution is 2.29. The molecule has 0 aliphatic heterocycles. The average molecular weight is 411 g/mol. The molecular formula is C21H21N3O6. The van der Waals surface area contributed by atoms with Gasteiger partial charge in [0.25, 0.3) is 5.69 Å². The number of ether oxygens (including phenoxy) is 2. The second kappa shape index (κ2) is 9.08. The molecule has 0 saturated carbocycles. The minimum atomic E-state index is -0.575. The maximum Gasteiger partial charge on any atom is 0.307 e. The van der Waals surface area contributed by atoms with Gasteiger partial charge in [0.2, 0.25) is 0 Å². The second-order valence-corrected chi connectivity index (χ2v) is 6.54. The lowest BCUT2D eigenvalue weighted by atomic mass is 10.2. The first-order valence-corrected chi connectivity index (χ1v) is 9.27. The van der Waals surface area contributed by atoms with Gasteiger partial charge < -0.3 is 13.9 Å². The fourth-order valence-electron chi connectivity index (χ4n) is 2.64. The maximum absolute atomic E-state index is 12.3. The normalized spacial score (nSPS) is 12.1. The van der Waals surface area contributed by atoms with Gasteiger partial charge in [-0.25, -0.2) is 5.43 Å². The van der Waals surface area contributed by atoms with Crippen LogP contribution < -0.4 is 14.9 Å². The van der Waals surface area contributed by atoms with Gasteiger partial charge >= 0.3 is 5.91 Å². The van der Waals surface area contributed by atoms with Crippen molar-refractivity contribution in [2.75, 3.05) is 7.11 Å². The Morgan fingerprint density at radius 2 is 2.07 bits per heavy atom. The predicted molar refractivity (Wildman–Crippen MR) is 111 cm³/mol. The zero-order valence-corrected chi connectivity index (χ0v) is 16.7. The summed E-state index contributed by atoms with van der Waals surface area (Å²) in [6, 6.07) is 10.8. The third-order valence-corrected chi connectivity index (χ3v) is 4.40. The molecule has 0 radical (unpaired) electrons. The summed E-state index contributed by atoms with van der Waals surface area (Å²) in [5.41, 5.74) is 3.36. The number of amides is 1. The van der Waals surface area contributed by atoms with E-state index in [1.54, 1.807) is 25.3 Å². The molecular weight excluding hydrogens is 390 g/mol. The molecule has 9 heteroatoms. The third kappa shape index (κ3) is 4.75. The van der Waals surface area contributed by atoms with Crippen molar-refractivity contribution >= 4 is 28.8 Å². The van der Waals surface area contributed by atoms with E-state index in [1.807, 2.05) is 13.8 Å². The number of furan rings is 1. The standard InChI is InChI=1S/C21H21N3O6/c1-4-13(2)29-18-7-5-14(9-19(18)28-3)12-22-23-21(25)20-11-15-10-16(24(26)27)6-8-17(15)30-20/h5-13H,4H2,1-3H3,(H,23,25)/b22-12-/t13-/m1/s1. The van der Waals surface area contributed by atoms with Crippen LogP contribution in [0.3, 0.4) is 0 Å². The highest BCUT2D eigenvalue weighted by atomic mass is 16.6. The fourth-order valence-corrected chi connectivity index (χ4v) is 2.64. The molecule has 0 aliphatic rings. The first kappa shape index (κ1) is 20.8. The molecule has 0 saturated heterocycles. The Labute approximate surface area is 172 Å². The van der Waals surface area contributed by atoms with Gasteiger partial charge in [-0.05, 0) is 49.2 Å². The van der Waals surface area contributed by atoms with Gasteiger partial charge in [-0.2, -0.15) is 5.10 Å². The van der Waals surface area contributed by atoms with E-state index < -0.39 is 10.8 Å². The number of nitrogens with one attached hydrogen (secondary N) is 1. The number of non-ortho nitro benzene ring substituents is 1. The molecule has 156 valence electrons. The van der Waals surface area contributed by atoms with Gasteiger partial charge in [-0.15, -0.1) is 0 Å². The zero-order valence-electron chi connectivity index (χ0n) is 16.7. The number of nitro groups is 1. The van der Waals surface area contributed by atoms with Gasteiger partial charge in [-0.3, -0.25) is 14.9 Å². The third-order valence-electron chi connectivity index (χ3n) is 4.40. The van der Waals surface area contributed by atoms with Crippen molar-refractivity contribution < 1.29 is 23.6 Å². The molecule has 0 spiro atoms. The van der Waals surface area contributed by atoms with E-state index in [1.165, 1.54) is 30.5 Å². The number of methoxy groups -OCH3 is 1. The van der Waals surface area contributed by atoms with Crippen molar-refractivity contribution in [3.8, 4) is 11.5 Å². The van der Waals surface area contributed by atoms with E-state index in [2.05, 4.69) is 10.5 Å². The van der Waals surface area contributed by atoms with E-state index >= 15 is 0 Å². The number of hydrogen-bond acceptors (Lipinski definition) is 7. The number of hydrazone groups is 1. The van der Waals surface area contributed by atoms with Crippen LogP contribution in [0.2, 0.25) is 0 Å². The molecule has 1 atom stereocenters. The molecule has 9 nitrogen and oxygen atoms in total. The quantitative estimate of drug-likeness (QED) is 0.336. The maximum atomic E-state index is 12.3. The second-order valence-electron chi connectivity index (χ2n) is 6.54. The van der Waals surface area contributed by atoms with E-state index in [4.69, 9.17) is 13.9 Å². The lowest BCUT2D eigenvalue weighted by Crippen LogP contribution is -2.16.